The summed E-state index contributed by atoms with van der Waals surface area (Å²) in [7, 11) is 3.75. The third-order valence-electron chi connectivity index (χ3n) is 2.80. The van der Waals surface area contributed by atoms with Gasteiger partial charge >= 0.3 is 0 Å². The molecule has 19 heavy (non-hydrogen) atoms. The Balaban J connectivity index is 2.93. The molecule has 1 heterocycles. The monoisotopic (exact) mass is 269 g/mol. The Morgan fingerprint density at radius 2 is 2.21 bits per heavy atom. The zero-order chi connectivity index (χ0) is 14.6. The third-order valence-corrected chi connectivity index (χ3v) is 2.80. The molecule has 0 spiro atoms. The Labute approximate surface area is 113 Å². The van der Waals surface area contributed by atoms with E-state index in [1.807, 2.05) is 39.8 Å². The molecule has 0 radical (unpaired) electrons. The Morgan fingerprint density at radius 1 is 1.58 bits per heavy atom. The second-order valence-corrected chi connectivity index (χ2v) is 4.73. The van der Waals surface area contributed by atoms with Gasteiger partial charge in [-0.1, -0.05) is 5.16 Å². The summed E-state index contributed by atoms with van der Waals surface area (Å²) in [6.45, 7) is 7.12. The predicted octanol–water partition coefficient (Wildman–Crippen LogP) is 0.684. The molecule has 0 aliphatic heterocycles. The van der Waals surface area contributed by atoms with E-state index < -0.39 is 0 Å². The standard InChI is InChI=1S/C12H23N5O2/c1-8(2)19-7-6-16(4)12-10(11(13)15-18)9(3)14-17(12)5/h8,18H,6-7H2,1-5H3,(H2,13,15). The molecule has 0 aromatic carbocycles. The van der Waals surface area contributed by atoms with Gasteiger partial charge in [-0.2, -0.15) is 5.10 Å². The highest BCUT2D eigenvalue weighted by molar-refractivity contribution is 6.02. The number of rotatable bonds is 6. The molecule has 0 fully saturated rings. The lowest BCUT2D eigenvalue weighted by Gasteiger charge is -2.21. The summed E-state index contributed by atoms with van der Waals surface area (Å²) in [6, 6.07) is 0. The summed E-state index contributed by atoms with van der Waals surface area (Å²) in [5.74, 6) is 0.873. The van der Waals surface area contributed by atoms with Crippen molar-refractivity contribution < 1.29 is 9.94 Å². The fraction of sp³-hybridized carbons (Fsp3) is 0.667. The van der Waals surface area contributed by atoms with E-state index >= 15 is 0 Å². The number of nitrogens with two attached hydrogens (primary N) is 1. The lowest BCUT2D eigenvalue weighted by Crippen LogP contribution is -2.28. The number of oxime groups is 1. The molecule has 7 nitrogen and oxygen atoms in total. The largest absolute Gasteiger partial charge is 0.409 e. The number of ether oxygens (including phenoxy) is 1. The maximum Gasteiger partial charge on any atom is 0.175 e. The first-order valence-electron chi connectivity index (χ1n) is 6.22. The Hall–Kier alpha value is -1.76. The van der Waals surface area contributed by atoms with Crippen molar-refractivity contribution in [3.8, 4) is 0 Å². The van der Waals surface area contributed by atoms with Crippen LogP contribution in [-0.4, -0.2) is 47.1 Å². The van der Waals surface area contributed by atoms with E-state index in [0.717, 1.165) is 11.5 Å². The number of amidine groups is 1. The molecule has 0 bridgehead atoms. The van der Waals surface area contributed by atoms with E-state index in [0.29, 0.717) is 18.7 Å². The molecule has 0 saturated heterocycles. The van der Waals surface area contributed by atoms with Crippen LogP contribution in [0.5, 0.6) is 0 Å². The number of aromatic nitrogens is 2. The maximum atomic E-state index is 8.86. The molecule has 0 unspecified atom stereocenters. The third kappa shape index (κ3) is 3.60. The van der Waals surface area contributed by atoms with Crippen molar-refractivity contribution in [1.29, 1.82) is 0 Å². The van der Waals surface area contributed by atoms with Gasteiger partial charge in [-0.05, 0) is 20.8 Å². The molecular weight excluding hydrogens is 246 g/mol. The van der Waals surface area contributed by atoms with Crippen LogP contribution in [0.25, 0.3) is 0 Å². The van der Waals surface area contributed by atoms with Crippen molar-refractivity contribution in [3.63, 3.8) is 0 Å². The Kier molecular flexibility index (Phi) is 5.17. The van der Waals surface area contributed by atoms with Gasteiger partial charge < -0.3 is 20.6 Å². The van der Waals surface area contributed by atoms with E-state index in [1.54, 1.807) is 4.68 Å². The lowest BCUT2D eigenvalue weighted by molar-refractivity contribution is 0.0845. The van der Waals surface area contributed by atoms with Crippen molar-refractivity contribution in [3.05, 3.63) is 11.3 Å². The minimum Gasteiger partial charge on any atom is -0.409 e. The summed E-state index contributed by atoms with van der Waals surface area (Å²) in [4.78, 5) is 1.98. The molecule has 1 rings (SSSR count). The molecular formula is C12H23N5O2. The van der Waals surface area contributed by atoms with Gasteiger partial charge in [0.2, 0.25) is 0 Å². The average molecular weight is 269 g/mol. The first-order chi connectivity index (χ1) is 8.88. The first-order valence-corrected chi connectivity index (χ1v) is 6.22. The summed E-state index contributed by atoms with van der Waals surface area (Å²) >= 11 is 0. The van der Waals surface area contributed by atoms with E-state index in [-0.39, 0.29) is 11.9 Å². The SMILES string of the molecule is Cc1nn(C)c(N(C)CCOC(C)C)c1C(N)=NO. The van der Waals surface area contributed by atoms with Crippen molar-refractivity contribution >= 4 is 11.7 Å². The van der Waals surface area contributed by atoms with E-state index in [9.17, 15) is 0 Å². The molecule has 1 aromatic rings. The number of nitrogens with zero attached hydrogens (tertiary/aromatic N) is 4. The number of hydrogen-bond donors (Lipinski definition) is 2. The van der Waals surface area contributed by atoms with Gasteiger partial charge in [0.05, 0.1) is 24.0 Å². The summed E-state index contributed by atoms with van der Waals surface area (Å²) in [5, 5.41) is 16.2. The zero-order valence-corrected chi connectivity index (χ0v) is 12.2. The average Bonchev–Trinajstić information content (AvgIpc) is 2.62. The molecule has 0 saturated carbocycles. The smallest absolute Gasteiger partial charge is 0.175 e. The molecule has 1 aromatic heterocycles. The zero-order valence-electron chi connectivity index (χ0n) is 12.2. The molecule has 0 atom stereocenters. The molecule has 108 valence electrons. The van der Waals surface area contributed by atoms with Crippen LogP contribution in [0.2, 0.25) is 0 Å². The van der Waals surface area contributed by atoms with Gasteiger partial charge in [-0.3, -0.25) is 4.68 Å². The predicted molar refractivity (Wildman–Crippen MR) is 74.8 cm³/mol. The summed E-state index contributed by atoms with van der Waals surface area (Å²) in [6.07, 6.45) is 0.199. The Bertz CT molecular complexity index is 453. The fourth-order valence-electron chi connectivity index (χ4n) is 1.97. The van der Waals surface area contributed by atoms with E-state index in [2.05, 4.69) is 10.3 Å². The van der Waals surface area contributed by atoms with Crippen LogP contribution >= 0.6 is 0 Å². The number of aryl methyl sites for hydroxylation is 2. The van der Waals surface area contributed by atoms with Crippen molar-refractivity contribution in [2.24, 2.45) is 17.9 Å². The van der Waals surface area contributed by atoms with E-state index in [4.69, 9.17) is 15.7 Å². The van der Waals surface area contributed by atoms with Crippen molar-refractivity contribution in [2.45, 2.75) is 26.9 Å². The van der Waals surface area contributed by atoms with Gasteiger partial charge in [-0.15, -0.1) is 0 Å². The van der Waals surface area contributed by atoms with Crippen LogP contribution in [0.15, 0.2) is 5.16 Å². The van der Waals surface area contributed by atoms with Gasteiger partial charge in [0.1, 0.15) is 5.82 Å². The normalized spacial score (nSPS) is 12.2. The van der Waals surface area contributed by atoms with Crippen LogP contribution < -0.4 is 10.6 Å². The second-order valence-electron chi connectivity index (χ2n) is 4.73. The molecule has 0 aliphatic rings. The highest BCUT2D eigenvalue weighted by atomic mass is 16.5. The van der Waals surface area contributed by atoms with Gasteiger partial charge in [-0.25, -0.2) is 0 Å². The van der Waals surface area contributed by atoms with Gasteiger partial charge in [0, 0.05) is 20.6 Å². The Morgan fingerprint density at radius 3 is 2.74 bits per heavy atom. The van der Waals surface area contributed by atoms with Crippen molar-refractivity contribution in [2.75, 3.05) is 25.1 Å². The molecule has 3 N–H and O–H groups in total. The second kappa shape index (κ2) is 6.42. The fourth-order valence-corrected chi connectivity index (χ4v) is 1.97. The van der Waals surface area contributed by atoms with Crippen LogP contribution in [0.1, 0.15) is 25.1 Å². The minimum atomic E-state index is 0.0669. The topological polar surface area (TPSA) is 88.9 Å². The van der Waals surface area contributed by atoms with Crippen LogP contribution in [0, 0.1) is 6.92 Å². The van der Waals surface area contributed by atoms with Crippen LogP contribution in [-0.2, 0) is 11.8 Å². The summed E-state index contributed by atoms with van der Waals surface area (Å²) < 4.78 is 7.25. The van der Waals surface area contributed by atoms with Crippen LogP contribution in [0.3, 0.4) is 0 Å². The quantitative estimate of drug-likeness (QED) is 0.343. The van der Waals surface area contributed by atoms with Crippen molar-refractivity contribution in [1.82, 2.24) is 9.78 Å². The van der Waals surface area contributed by atoms with Gasteiger partial charge in [0.25, 0.3) is 0 Å². The summed E-state index contributed by atoms with van der Waals surface area (Å²) in [5.41, 5.74) is 7.09. The van der Waals surface area contributed by atoms with Gasteiger partial charge in [0.15, 0.2) is 5.84 Å². The number of hydrogen-bond acceptors (Lipinski definition) is 5. The molecule has 0 amide bonds. The highest BCUT2D eigenvalue weighted by Crippen LogP contribution is 2.21. The van der Waals surface area contributed by atoms with Crippen LogP contribution in [0.4, 0.5) is 5.82 Å². The highest BCUT2D eigenvalue weighted by Gasteiger charge is 2.20. The van der Waals surface area contributed by atoms with E-state index in [1.165, 1.54) is 0 Å². The molecule has 7 heteroatoms. The number of anilines is 1. The minimum absolute atomic E-state index is 0.0669. The first kappa shape index (κ1) is 15.3. The maximum absolute atomic E-state index is 8.86. The molecule has 0 aliphatic carbocycles. The lowest BCUT2D eigenvalue weighted by atomic mass is 10.2. The number of likely N-dealkylation sites (N-methyl/N-ethyl adjacent to an activating group) is 1.